The molecule has 0 spiro atoms. The normalized spacial score (nSPS) is 9.81. The van der Waals surface area contributed by atoms with Gasteiger partial charge in [-0.2, -0.15) is 0 Å². The van der Waals surface area contributed by atoms with Gasteiger partial charge in [0.2, 0.25) is 0 Å². The van der Waals surface area contributed by atoms with Gasteiger partial charge in [0, 0.05) is 5.69 Å². The monoisotopic (exact) mass is 217 g/mol. The first-order valence-electron chi connectivity index (χ1n) is 4.73. The van der Waals surface area contributed by atoms with Gasteiger partial charge in [-0.15, -0.1) is 0 Å². The molecular weight excluding hydrogens is 206 g/mol. The number of rotatable bonds is 2. The van der Waals surface area contributed by atoms with Crippen molar-refractivity contribution in [1.82, 2.24) is 9.97 Å². The lowest BCUT2D eigenvalue weighted by Crippen LogP contribution is -2.10. The van der Waals surface area contributed by atoms with Crippen LogP contribution in [0.2, 0.25) is 0 Å². The number of carbonyl (C=O) groups is 1. The first kappa shape index (κ1) is 10.2. The van der Waals surface area contributed by atoms with E-state index in [1.807, 2.05) is 12.1 Å². The van der Waals surface area contributed by atoms with Gasteiger partial charge in [-0.3, -0.25) is 5.32 Å². The largest absolute Gasteiger partial charge is 0.453 e. The van der Waals surface area contributed by atoms with Gasteiger partial charge in [0.15, 0.2) is 0 Å². The number of benzene rings is 1. The molecule has 2 N–H and O–H groups in total. The van der Waals surface area contributed by atoms with E-state index in [1.165, 1.54) is 7.11 Å². The van der Waals surface area contributed by atoms with Crippen LogP contribution < -0.4 is 5.32 Å². The third-order valence-corrected chi connectivity index (χ3v) is 2.13. The van der Waals surface area contributed by atoms with Gasteiger partial charge >= 0.3 is 6.09 Å². The van der Waals surface area contributed by atoms with E-state index in [2.05, 4.69) is 20.0 Å². The topological polar surface area (TPSA) is 67.0 Å². The zero-order chi connectivity index (χ0) is 11.4. The average molecular weight is 217 g/mol. The highest BCUT2D eigenvalue weighted by molar-refractivity contribution is 5.84. The standard InChI is InChI=1S/C11H11N3O2/c1-16-11(15)14-9-4-2-8(3-5-9)10-6-12-7-13-10/h2-7H,1H3,(H,12,13)(H,14,15). The minimum atomic E-state index is -0.478. The molecule has 0 bridgehead atoms. The number of hydrogen-bond donors (Lipinski definition) is 2. The first-order chi connectivity index (χ1) is 7.79. The van der Waals surface area contributed by atoms with Crippen molar-refractivity contribution in [3.8, 4) is 11.3 Å². The smallest absolute Gasteiger partial charge is 0.411 e. The summed E-state index contributed by atoms with van der Waals surface area (Å²) < 4.78 is 4.49. The van der Waals surface area contributed by atoms with E-state index in [4.69, 9.17) is 0 Å². The number of hydrogen-bond acceptors (Lipinski definition) is 3. The average Bonchev–Trinajstić information content (AvgIpc) is 2.83. The Hall–Kier alpha value is -2.30. The molecule has 1 aromatic heterocycles. The predicted molar refractivity (Wildman–Crippen MR) is 60.1 cm³/mol. The molecule has 5 nitrogen and oxygen atoms in total. The highest BCUT2D eigenvalue weighted by Gasteiger charge is 2.01. The number of ether oxygens (including phenoxy) is 1. The lowest BCUT2D eigenvalue weighted by atomic mass is 10.1. The number of aromatic amines is 1. The van der Waals surface area contributed by atoms with E-state index in [0.717, 1.165) is 11.3 Å². The van der Waals surface area contributed by atoms with Gasteiger partial charge in [0.05, 0.1) is 25.3 Å². The summed E-state index contributed by atoms with van der Waals surface area (Å²) in [4.78, 5) is 17.9. The molecule has 0 radical (unpaired) electrons. The van der Waals surface area contributed by atoms with Crippen LogP contribution in [0.15, 0.2) is 36.8 Å². The summed E-state index contributed by atoms with van der Waals surface area (Å²) in [5, 5.41) is 2.58. The van der Waals surface area contributed by atoms with Crippen molar-refractivity contribution in [2.45, 2.75) is 0 Å². The molecule has 1 amide bonds. The van der Waals surface area contributed by atoms with Crippen molar-refractivity contribution in [3.05, 3.63) is 36.8 Å². The third kappa shape index (κ3) is 2.20. The summed E-state index contributed by atoms with van der Waals surface area (Å²) in [6.45, 7) is 0. The number of carbonyl (C=O) groups excluding carboxylic acids is 1. The number of nitrogens with zero attached hydrogens (tertiary/aromatic N) is 1. The molecular formula is C11H11N3O2. The van der Waals surface area contributed by atoms with Gasteiger partial charge in [0.1, 0.15) is 0 Å². The Labute approximate surface area is 92.5 Å². The van der Waals surface area contributed by atoms with E-state index in [1.54, 1.807) is 24.7 Å². The summed E-state index contributed by atoms with van der Waals surface area (Å²) in [5.41, 5.74) is 2.63. The van der Waals surface area contributed by atoms with Gasteiger partial charge in [0.25, 0.3) is 0 Å². The fourth-order valence-corrected chi connectivity index (χ4v) is 1.32. The number of amides is 1. The van der Waals surface area contributed by atoms with Crippen molar-refractivity contribution < 1.29 is 9.53 Å². The Morgan fingerprint density at radius 1 is 1.38 bits per heavy atom. The zero-order valence-corrected chi connectivity index (χ0v) is 8.73. The summed E-state index contributed by atoms with van der Waals surface area (Å²) in [6, 6.07) is 7.37. The number of imidazole rings is 1. The van der Waals surface area contributed by atoms with Crippen LogP contribution in [0.25, 0.3) is 11.3 Å². The van der Waals surface area contributed by atoms with Crippen LogP contribution in [0.1, 0.15) is 0 Å². The quantitative estimate of drug-likeness (QED) is 0.810. The Morgan fingerprint density at radius 3 is 2.69 bits per heavy atom. The van der Waals surface area contributed by atoms with Crippen LogP contribution in [-0.2, 0) is 4.74 Å². The fraction of sp³-hybridized carbons (Fsp3) is 0.0909. The highest BCUT2D eigenvalue weighted by Crippen LogP contribution is 2.18. The van der Waals surface area contributed by atoms with E-state index in [0.29, 0.717) is 5.69 Å². The van der Waals surface area contributed by atoms with Crippen LogP contribution in [0.3, 0.4) is 0 Å². The summed E-state index contributed by atoms with van der Waals surface area (Å²) in [5.74, 6) is 0. The third-order valence-electron chi connectivity index (χ3n) is 2.13. The molecule has 1 aromatic carbocycles. The second-order valence-electron chi connectivity index (χ2n) is 3.16. The molecule has 0 atom stereocenters. The molecule has 2 aromatic rings. The number of H-pyrrole nitrogens is 1. The van der Waals surface area contributed by atoms with Crippen LogP contribution in [0, 0.1) is 0 Å². The van der Waals surface area contributed by atoms with Crippen molar-refractivity contribution in [3.63, 3.8) is 0 Å². The number of methoxy groups -OCH3 is 1. The molecule has 1 heterocycles. The van der Waals surface area contributed by atoms with Crippen molar-refractivity contribution in [1.29, 1.82) is 0 Å². The molecule has 0 fully saturated rings. The summed E-state index contributed by atoms with van der Waals surface area (Å²) in [6.07, 6.45) is 2.88. The van der Waals surface area contributed by atoms with Crippen molar-refractivity contribution in [2.24, 2.45) is 0 Å². The Morgan fingerprint density at radius 2 is 2.12 bits per heavy atom. The van der Waals surface area contributed by atoms with E-state index < -0.39 is 6.09 Å². The van der Waals surface area contributed by atoms with Crippen molar-refractivity contribution in [2.75, 3.05) is 12.4 Å². The number of nitrogens with one attached hydrogen (secondary N) is 2. The Kier molecular flexibility index (Phi) is 2.86. The van der Waals surface area contributed by atoms with Crippen LogP contribution in [0.4, 0.5) is 10.5 Å². The Balaban J connectivity index is 2.14. The van der Waals surface area contributed by atoms with E-state index in [-0.39, 0.29) is 0 Å². The molecule has 0 unspecified atom stereocenters. The zero-order valence-electron chi connectivity index (χ0n) is 8.73. The molecule has 0 saturated carbocycles. The Bertz CT molecular complexity index is 462. The molecule has 2 rings (SSSR count). The lowest BCUT2D eigenvalue weighted by Gasteiger charge is -2.04. The van der Waals surface area contributed by atoms with Gasteiger partial charge in [-0.25, -0.2) is 9.78 Å². The van der Waals surface area contributed by atoms with Crippen LogP contribution >= 0.6 is 0 Å². The van der Waals surface area contributed by atoms with Gasteiger partial charge in [-0.05, 0) is 17.7 Å². The molecule has 0 aliphatic rings. The predicted octanol–water partition coefficient (Wildman–Crippen LogP) is 2.25. The molecule has 16 heavy (non-hydrogen) atoms. The second-order valence-corrected chi connectivity index (χ2v) is 3.16. The number of anilines is 1. The molecule has 0 aliphatic heterocycles. The maximum Gasteiger partial charge on any atom is 0.411 e. The molecule has 5 heteroatoms. The van der Waals surface area contributed by atoms with Gasteiger partial charge < -0.3 is 9.72 Å². The minimum absolute atomic E-state index is 0.478. The molecule has 0 saturated heterocycles. The molecule has 82 valence electrons. The van der Waals surface area contributed by atoms with Crippen molar-refractivity contribution >= 4 is 11.8 Å². The highest BCUT2D eigenvalue weighted by atomic mass is 16.5. The SMILES string of the molecule is COC(=O)Nc1ccc(-c2cnc[nH]2)cc1. The minimum Gasteiger partial charge on any atom is -0.453 e. The van der Waals surface area contributed by atoms with E-state index in [9.17, 15) is 4.79 Å². The first-order valence-corrected chi connectivity index (χ1v) is 4.73. The van der Waals surface area contributed by atoms with E-state index >= 15 is 0 Å². The fourth-order valence-electron chi connectivity index (χ4n) is 1.32. The van der Waals surface area contributed by atoms with Crippen LogP contribution in [-0.4, -0.2) is 23.2 Å². The maximum absolute atomic E-state index is 10.9. The summed E-state index contributed by atoms with van der Waals surface area (Å²) >= 11 is 0. The molecule has 0 aliphatic carbocycles. The second kappa shape index (κ2) is 4.48. The maximum atomic E-state index is 10.9. The lowest BCUT2D eigenvalue weighted by molar-refractivity contribution is 0.187. The number of aromatic nitrogens is 2. The summed E-state index contributed by atoms with van der Waals surface area (Å²) in [7, 11) is 1.33. The van der Waals surface area contributed by atoms with Crippen LogP contribution in [0.5, 0.6) is 0 Å². The van der Waals surface area contributed by atoms with Gasteiger partial charge in [-0.1, -0.05) is 12.1 Å².